The van der Waals surface area contributed by atoms with Crippen LogP contribution in [0.15, 0.2) is 28.4 Å². The number of nitrogens with one attached hydrogen (secondary N) is 1. The summed E-state index contributed by atoms with van der Waals surface area (Å²) in [7, 11) is 0. The molecule has 110 valence electrons. The van der Waals surface area contributed by atoms with Gasteiger partial charge in [-0.2, -0.15) is 5.11 Å². The van der Waals surface area contributed by atoms with Gasteiger partial charge in [-0.1, -0.05) is 0 Å². The third-order valence-corrected chi connectivity index (χ3v) is 2.62. The molecular formula is C12H12N4O5. The maximum Gasteiger partial charge on any atom is 0.329 e. The molecule has 0 aliphatic rings. The van der Waals surface area contributed by atoms with Crippen LogP contribution < -0.4 is 0 Å². The molecule has 2 N–H and O–H groups in total. The minimum Gasteiger partial charge on any atom is -0.493 e. The van der Waals surface area contributed by atoms with Gasteiger partial charge in [0, 0.05) is 17.5 Å². The molecule has 0 saturated carbocycles. The average molecular weight is 292 g/mol. The molecule has 2 rings (SSSR count). The number of fused-ring (bicyclic) bond motifs is 1. The Morgan fingerprint density at radius 2 is 2.29 bits per heavy atom. The molecule has 0 spiro atoms. The number of carbonyl (C=O) groups is 1. The highest BCUT2D eigenvalue weighted by atomic mass is 16.6. The maximum atomic E-state index is 11.1. The summed E-state index contributed by atoms with van der Waals surface area (Å²) in [5, 5.41) is 28.2. The number of rotatable bonds is 5. The van der Waals surface area contributed by atoms with Crippen molar-refractivity contribution in [2.24, 2.45) is 10.2 Å². The van der Waals surface area contributed by atoms with E-state index in [0.29, 0.717) is 10.9 Å². The monoisotopic (exact) mass is 292 g/mol. The van der Waals surface area contributed by atoms with Crippen LogP contribution >= 0.6 is 0 Å². The van der Waals surface area contributed by atoms with Crippen LogP contribution in [-0.2, 0) is 9.53 Å². The molecule has 0 atom stereocenters. The Kier molecular flexibility index (Phi) is 4.12. The van der Waals surface area contributed by atoms with E-state index in [1.165, 1.54) is 18.2 Å². The molecule has 0 saturated heterocycles. The van der Waals surface area contributed by atoms with Crippen LogP contribution in [0.3, 0.4) is 0 Å². The van der Waals surface area contributed by atoms with E-state index in [0.717, 1.165) is 0 Å². The minimum absolute atomic E-state index is 0.0398. The predicted molar refractivity (Wildman–Crippen MR) is 72.6 cm³/mol. The van der Waals surface area contributed by atoms with E-state index in [1.807, 2.05) is 0 Å². The Morgan fingerprint density at radius 3 is 2.95 bits per heavy atom. The van der Waals surface area contributed by atoms with Gasteiger partial charge in [0.15, 0.2) is 12.2 Å². The zero-order chi connectivity index (χ0) is 15.4. The molecule has 2 aromatic rings. The smallest absolute Gasteiger partial charge is 0.329 e. The summed E-state index contributed by atoms with van der Waals surface area (Å²) in [5.41, 5.74) is 0.379. The topological polar surface area (TPSA) is 130 Å². The summed E-state index contributed by atoms with van der Waals surface area (Å²) in [6, 6.07) is 4.03. The number of nitrogens with zero attached hydrogens (tertiary/aromatic N) is 3. The lowest BCUT2D eigenvalue weighted by Gasteiger charge is -1.96. The average Bonchev–Trinajstić information content (AvgIpc) is 2.74. The van der Waals surface area contributed by atoms with Crippen LogP contribution in [0.1, 0.15) is 6.92 Å². The number of aromatic amines is 1. The second kappa shape index (κ2) is 5.99. The number of esters is 1. The van der Waals surface area contributed by atoms with Gasteiger partial charge in [0.05, 0.1) is 17.0 Å². The zero-order valence-corrected chi connectivity index (χ0v) is 11.1. The Balaban J connectivity index is 2.32. The third kappa shape index (κ3) is 3.14. The molecule has 1 heterocycles. The summed E-state index contributed by atoms with van der Waals surface area (Å²) in [5.74, 6) is -0.829. The molecule has 0 bridgehead atoms. The van der Waals surface area contributed by atoms with Gasteiger partial charge in [-0.15, -0.1) is 5.11 Å². The van der Waals surface area contributed by atoms with Gasteiger partial charge in [0.25, 0.3) is 5.69 Å². The first kappa shape index (κ1) is 14.4. The van der Waals surface area contributed by atoms with E-state index < -0.39 is 10.9 Å². The van der Waals surface area contributed by atoms with Crippen LogP contribution in [0, 0.1) is 10.1 Å². The molecule has 1 aromatic heterocycles. The Morgan fingerprint density at radius 1 is 1.52 bits per heavy atom. The summed E-state index contributed by atoms with van der Waals surface area (Å²) in [6.07, 6.45) is 0. The molecule has 0 aliphatic carbocycles. The minimum atomic E-state index is -0.553. The SMILES string of the molecule is CCOC(=O)CN=Nc1c(O)[nH]c2ccc([N+](=O)[O-])cc12. The van der Waals surface area contributed by atoms with Crippen LogP contribution in [-0.4, -0.2) is 34.1 Å². The molecule has 9 heteroatoms. The third-order valence-electron chi connectivity index (χ3n) is 2.62. The van der Waals surface area contributed by atoms with Crippen molar-refractivity contribution in [2.75, 3.05) is 13.2 Å². The number of hydrogen-bond donors (Lipinski definition) is 2. The van der Waals surface area contributed by atoms with E-state index in [4.69, 9.17) is 0 Å². The molecule has 9 nitrogen and oxygen atoms in total. The van der Waals surface area contributed by atoms with Crippen LogP contribution in [0.4, 0.5) is 11.4 Å². The number of nitro groups is 1. The fraction of sp³-hybridized carbons (Fsp3) is 0.250. The van der Waals surface area contributed by atoms with E-state index in [-0.39, 0.29) is 30.4 Å². The van der Waals surface area contributed by atoms with Gasteiger partial charge in [-0.05, 0) is 13.0 Å². The van der Waals surface area contributed by atoms with E-state index in [1.54, 1.807) is 6.92 Å². The van der Waals surface area contributed by atoms with Crippen LogP contribution in [0.25, 0.3) is 10.9 Å². The van der Waals surface area contributed by atoms with Gasteiger partial charge >= 0.3 is 5.97 Å². The summed E-state index contributed by atoms with van der Waals surface area (Å²) < 4.78 is 4.68. The van der Waals surface area contributed by atoms with Crippen molar-refractivity contribution in [3.8, 4) is 5.88 Å². The highest BCUT2D eigenvalue weighted by Gasteiger charge is 2.14. The Bertz CT molecular complexity index is 722. The first-order valence-electron chi connectivity index (χ1n) is 6.05. The number of H-pyrrole nitrogens is 1. The van der Waals surface area contributed by atoms with Crippen molar-refractivity contribution in [2.45, 2.75) is 6.92 Å². The first-order valence-corrected chi connectivity index (χ1v) is 6.05. The largest absolute Gasteiger partial charge is 0.493 e. The molecule has 0 amide bonds. The second-order valence-corrected chi connectivity index (χ2v) is 4.01. The zero-order valence-electron chi connectivity index (χ0n) is 11.1. The van der Waals surface area contributed by atoms with E-state index in [2.05, 4.69) is 19.9 Å². The van der Waals surface area contributed by atoms with Crippen LogP contribution in [0.2, 0.25) is 0 Å². The molecule has 1 aromatic carbocycles. The summed E-state index contributed by atoms with van der Waals surface area (Å²) in [4.78, 5) is 24.0. The molecule has 0 unspecified atom stereocenters. The Labute approximate surface area is 118 Å². The van der Waals surface area contributed by atoms with Gasteiger partial charge < -0.3 is 14.8 Å². The van der Waals surface area contributed by atoms with Crippen molar-refractivity contribution in [3.63, 3.8) is 0 Å². The number of ether oxygens (including phenoxy) is 1. The van der Waals surface area contributed by atoms with Gasteiger partial charge in [0.2, 0.25) is 5.88 Å². The molecule has 0 radical (unpaired) electrons. The summed E-state index contributed by atoms with van der Waals surface area (Å²) >= 11 is 0. The lowest BCUT2D eigenvalue weighted by Crippen LogP contribution is -2.06. The highest BCUT2D eigenvalue weighted by Crippen LogP contribution is 2.37. The number of carbonyl (C=O) groups excluding carboxylic acids is 1. The number of azo groups is 1. The number of aromatic hydroxyl groups is 1. The van der Waals surface area contributed by atoms with Crippen molar-refractivity contribution in [1.82, 2.24) is 4.98 Å². The number of benzene rings is 1. The number of hydrogen-bond acceptors (Lipinski definition) is 7. The molecule has 0 aliphatic heterocycles. The fourth-order valence-electron chi connectivity index (χ4n) is 1.74. The van der Waals surface area contributed by atoms with E-state index in [9.17, 15) is 20.0 Å². The van der Waals surface area contributed by atoms with Crippen molar-refractivity contribution < 1.29 is 19.6 Å². The van der Waals surface area contributed by atoms with Crippen molar-refractivity contribution in [1.29, 1.82) is 0 Å². The number of non-ortho nitro benzene ring substituents is 1. The normalized spacial score (nSPS) is 11.1. The van der Waals surface area contributed by atoms with Gasteiger partial charge in [-0.25, -0.2) is 4.79 Å². The highest BCUT2D eigenvalue weighted by molar-refractivity contribution is 5.95. The number of aromatic nitrogens is 1. The van der Waals surface area contributed by atoms with Crippen molar-refractivity contribution >= 4 is 28.2 Å². The van der Waals surface area contributed by atoms with Gasteiger partial charge in [-0.3, -0.25) is 10.1 Å². The second-order valence-electron chi connectivity index (χ2n) is 4.01. The lowest BCUT2D eigenvalue weighted by atomic mass is 10.2. The quantitative estimate of drug-likeness (QED) is 0.378. The van der Waals surface area contributed by atoms with Crippen LogP contribution in [0.5, 0.6) is 5.88 Å². The maximum absolute atomic E-state index is 11.1. The fourth-order valence-corrected chi connectivity index (χ4v) is 1.74. The molecule has 21 heavy (non-hydrogen) atoms. The standard InChI is InChI=1S/C12H12N4O5/c1-2-21-10(17)6-13-15-11-8-5-7(16(19)20)3-4-9(8)14-12(11)18/h3-5,14,18H,2,6H2,1H3. The van der Waals surface area contributed by atoms with Crippen molar-refractivity contribution in [3.05, 3.63) is 28.3 Å². The lowest BCUT2D eigenvalue weighted by molar-refractivity contribution is -0.384. The predicted octanol–water partition coefficient (Wildman–Crippen LogP) is 2.43. The van der Waals surface area contributed by atoms with Gasteiger partial charge in [0.1, 0.15) is 0 Å². The molecule has 0 fully saturated rings. The first-order chi connectivity index (χ1) is 10.0. The number of nitro benzene ring substituents is 1. The molecular weight excluding hydrogens is 280 g/mol. The van der Waals surface area contributed by atoms with E-state index >= 15 is 0 Å². The summed E-state index contributed by atoms with van der Waals surface area (Å²) in [6.45, 7) is 1.60. The Hall–Kier alpha value is -2.97.